The zero-order valence-electron chi connectivity index (χ0n) is 8.75. The van der Waals surface area contributed by atoms with Crippen LogP contribution >= 0.6 is 15.9 Å². The van der Waals surface area contributed by atoms with Crippen molar-refractivity contribution in [3.8, 4) is 11.3 Å². The molecule has 3 nitrogen and oxygen atoms in total. The summed E-state index contributed by atoms with van der Waals surface area (Å²) in [6, 6.07) is 4.74. The summed E-state index contributed by atoms with van der Waals surface area (Å²) in [7, 11) is 0. The number of nitrogens with one attached hydrogen (secondary N) is 1. The second-order valence-electron chi connectivity index (χ2n) is 3.48. The molecule has 0 saturated carbocycles. The molecule has 0 radical (unpaired) electrons. The Balaban J connectivity index is 2.51. The van der Waals surface area contributed by atoms with Gasteiger partial charge in [0.05, 0.1) is 5.56 Å². The molecule has 1 heterocycles. The van der Waals surface area contributed by atoms with Crippen molar-refractivity contribution in [2.24, 2.45) is 0 Å². The van der Waals surface area contributed by atoms with Gasteiger partial charge in [-0.05, 0) is 28.1 Å². The molecule has 2 rings (SSSR count). The largest absolute Gasteiger partial charge is 0.416 e. The molecular formula is C11H6BrF3N2O. The van der Waals surface area contributed by atoms with Crippen LogP contribution in [0, 0.1) is 0 Å². The molecule has 1 aromatic carbocycles. The lowest BCUT2D eigenvalue weighted by atomic mass is 10.1. The van der Waals surface area contributed by atoms with E-state index in [2.05, 4.69) is 25.9 Å². The van der Waals surface area contributed by atoms with E-state index >= 15 is 0 Å². The van der Waals surface area contributed by atoms with Crippen LogP contribution in [0.3, 0.4) is 0 Å². The Morgan fingerprint density at radius 3 is 2.61 bits per heavy atom. The van der Waals surface area contributed by atoms with Crippen LogP contribution in [-0.4, -0.2) is 16.3 Å². The molecule has 0 spiro atoms. The number of carbonyl (C=O) groups is 1. The maximum Gasteiger partial charge on any atom is 0.416 e. The summed E-state index contributed by atoms with van der Waals surface area (Å²) in [4.78, 5) is 17.0. The number of alkyl halides is 3. The summed E-state index contributed by atoms with van der Waals surface area (Å²) in [6.45, 7) is 0. The zero-order valence-corrected chi connectivity index (χ0v) is 10.3. The van der Waals surface area contributed by atoms with Crippen LogP contribution in [0.2, 0.25) is 0 Å². The van der Waals surface area contributed by atoms with Crippen molar-refractivity contribution in [3.05, 3.63) is 40.3 Å². The Kier molecular flexibility index (Phi) is 3.25. The van der Waals surface area contributed by atoms with Crippen LogP contribution in [-0.2, 0) is 6.18 Å². The van der Waals surface area contributed by atoms with E-state index in [0.717, 1.165) is 12.1 Å². The van der Waals surface area contributed by atoms with E-state index in [1.54, 1.807) is 0 Å². The molecule has 1 aromatic heterocycles. The van der Waals surface area contributed by atoms with E-state index in [-0.39, 0.29) is 17.1 Å². The van der Waals surface area contributed by atoms with Crippen molar-refractivity contribution in [2.75, 3.05) is 0 Å². The topological polar surface area (TPSA) is 45.8 Å². The van der Waals surface area contributed by atoms with E-state index in [1.807, 2.05) is 0 Å². The Morgan fingerprint density at radius 2 is 2.06 bits per heavy atom. The minimum absolute atomic E-state index is 0.0503. The van der Waals surface area contributed by atoms with E-state index in [0.29, 0.717) is 10.9 Å². The summed E-state index contributed by atoms with van der Waals surface area (Å²) in [6.07, 6.45) is -3.92. The van der Waals surface area contributed by atoms with Gasteiger partial charge in [0.15, 0.2) is 12.1 Å². The Morgan fingerprint density at radius 1 is 1.33 bits per heavy atom. The van der Waals surface area contributed by atoms with Gasteiger partial charge >= 0.3 is 6.18 Å². The molecule has 0 atom stereocenters. The zero-order chi connectivity index (χ0) is 13.3. The number of aromatic nitrogens is 2. The molecule has 7 heteroatoms. The molecule has 2 aromatic rings. The second kappa shape index (κ2) is 4.56. The van der Waals surface area contributed by atoms with Gasteiger partial charge in [-0.15, -0.1) is 0 Å². The molecule has 0 unspecified atom stereocenters. The molecule has 94 valence electrons. The van der Waals surface area contributed by atoms with Crippen LogP contribution in [0.4, 0.5) is 13.2 Å². The third-order valence-electron chi connectivity index (χ3n) is 2.25. The monoisotopic (exact) mass is 318 g/mol. The molecular weight excluding hydrogens is 313 g/mol. The molecule has 0 saturated heterocycles. The Bertz CT molecular complexity index is 592. The summed E-state index contributed by atoms with van der Waals surface area (Å²) >= 11 is 3.11. The Labute approximate surface area is 108 Å². The van der Waals surface area contributed by atoms with E-state index in [4.69, 9.17) is 0 Å². The number of benzene rings is 1. The number of hydrogen-bond acceptors (Lipinski definition) is 2. The average Bonchev–Trinajstić information content (AvgIpc) is 2.70. The lowest BCUT2D eigenvalue weighted by molar-refractivity contribution is -0.137. The number of aldehydes is 1. The highest BCUT2D eigenvalue weighted by Gasteiger charge is 2.30. The quantitative estimate of drug-likeness (QED) is 0.859. The maximum atomic E-state index is 12.6. The SMILES string of the molecule is O=Cc1nc(-c2cccc(C(F)(F)F)c2)c(Br)[nH]1. The molecule has 0 bridgehead atoms. The average molecular weight is 319 g/mol. The fourth-order valence-electron chi connectivity index (χ4n) is 1.46. The Hall–Kier alpha value is -1.63. The van der Waals surface area contributed by atoms with Gasteiger partial charge in [0.2, 0.25) is 0 Å². The van der Waals surface area contributed by atoms with Crippen LogP contribution in [0.5, 0.6) is 0 Å². The number of halogens is 4. The summed E-state index contributed by atoms with van der Waals surface area (Å²) in [5, 5.41) is 0. The first-order valence-corrected chi connectivity index (χ1v) is 5.59. The number of hydrogen-bond donors (Lipinski definition) is 1. The van der Waals surface area contributed by atoms with E-state index in [9.17, 15) is 18.0 Å². The van der Waals surface area contributed by atoms with Crippen molar-refractivity contribution < 1.29 is 18.0 Å². The maximum absolute atomic E-state index is 12.6. The van der Waals surface area contributed by atoms with Gasteiger partial charge in [0.1, 0.15) is 10.3 Å². The van der Waals surface area contributed by atoms with Crippen molar-refractivity contribution in [1.82, 2.24) is 9.97 Å². The van der Waals surface area contributed by atoms with Gasteiger partial charge in [-0.3, -0.25) is 4.79 Å². The molecule has 0 amide bonds. The van der Waals surface area contributed by atoms with Crippen molar-refractivity contribution in [1.29, 1.82) is 0 Å². The van der Waals surface area contributed by atoms with Crippen molar-refractivity contribution in [3.63, 3.8) is 0 Å². The number of nitrogens with zero attached hydrogens (tertiary/aromatic N) is 1. The summed E-state index contributed by atoms with van der Waals surface area (Å²) in [5.41, 5.74) is -0.216. The molecule has 18 heavy (non-hydrogen) atoms. The molecule has 0 aliphatic heterocycles. The summed E-state index contributed by atoms with van der Waals surface area (Å²) < 4.78 is 38.0. The molecule has 0 fully saturated rings. The molecule has 0 aliphatic rings. The lowest BCUT2D eigenvalue weighted by Crippen LogP contribution is -2.04. The van der Waals surface area contributed by atoms with Gasteiger partial charge in [-0.2, -0.15) is 13.2 Å². The fraction of sp³-hybridized carbons (Fsp3) is 0.0909. The third-order valence-corrected chi connectivity index (χ3v) is 2.83. The summed E-state index contributed by atoms with van der Waals surface area (Å²) in [5.74, 6) is 0.0503. The first-order chi connectivity index (χ1) is 8.41. The fourth-order valence-corrected chi connectivity index (χ4v) is 1.98. The van der Waals surface area contributed by atoms with Crippen molar-refractivity contribution in [2.45, 2.75) is 6.18 Å². The second-order valence-corrected chi connectivity index (χ2v) is 4.27. The van der Waals surface area contributed by atoms with Crippen LogP contribution in [0.1, 0.15) is 16.2 Å². The predicted molar refractivity (Wildman–Crippen MR) is 62.1 cm³/mol. The smallest absolute Gasteiger partial charge is 0.330 e. The lowest BCUT2D eigenvalue weighted by Gasteiger charge is -2.07. The first kappa shape index (κ1) is 12.8. The highest BCUT2D eigenvalue weighted by molar-refractivity contribution is 9.10. The number of H-pyrrole nitrogens is 1. The predicted octanol–water partition coefficient (Wildman–Crippen LogP) is 3.67. The third kappa shape index (κ3) is 2.45. The normalized spacial score (nSPS) is 11.6. The standard InChI is InChI=1S/C11H6BrF3N2O/c12-10-9(16-8(5-18)17-10)6-2-1-3-7(4-6)11(13,14)15/h1-5H,(H,16,17). The van der Waals surface area contributed by atoms with Crippen LogP contribution in [0.25, 0.3) is 11.3 Å². The van der Waals surface area contributed by atoms with Crippen LogP contribution < -0.4 is 0 Å². The number of imidazole rings is 1. The van der Waals surface area contributed by atoms with E-state index < -0.39 is 11.7 Å². The van der Waals surface area contributed by atoms with Crippen molar-refractivity contribution >= 4 is 22.2 Å². The first-order valence-electron chi connectivity index (χ1n) is 4.80. The molecule has 0 aliphatic carbocycles. The minimum Gasteiger partial charge on any atom is -0.330 e. The van der Waals surface area contributed by atoms with Crippen LogP contribution in [0.15, 0.2) is 28.9 Å². The van der Waals surface area contributed by atoms with Gasteiger partial charge in [-0.1, -0.05) is 12.1 Å². The van der Waals surface area contributed by atoms with Gasteiger partial charge in [0.25, 0.3) is 0 Å². The van der Waals surface area contributed by atoms with Gasteiger partial charge in [-0.25, -0.2) is 4.98 Å². The highest BCUT2D eigenvalue weighted by Crippen LogP contribution is 2.33. The molecule has 1 N–H and O–H groups in total. The van der Waals surface area contributed by atoms with E-state index in [1.165, 1.54) is 12.1 Å². The van der Waals surface area contributed by atoms with Gasteiger partial charge in [0, 0.05) is 5.56 Å². The van der Waals surface area contributed by atoms with Gasteiger partial charge < -0.3 is 4.98 Å². The number of rotatable bonds is 2. The number of aromatic amines is 1. The minimum atomic E-state index is -4.41. The highest BCUT2D eigenvalue weighted by atomic mass is 79.9. The number of carbonyl (C=O) groups excluding carboxylic acids is 1.